The molecule has 0 aromatic heterocycles. The van der Waals surface area contributed by atoms with E-state index in [4.69, 9.17) is 18.9 Å². The van der Waals surface area contributed by atoms with Gasteiger partial charge in [-0.15, -0.1) is 6.58 Å². The second-order valence-corrected chi connectivity index (χ2v) is 6.18. The van der Waals surface area contributed by atoms with Crippen molar-refractivity contribution in [1.82, 2.24) is 0 Å². The molecule has 0 aromatic carbocycles. The van der Waals surface area contributed by atoms with Crippen LogP contribution >= 0.6 is 15.9 Å². The Morgan fingerprint density at radius 1 is 1.05 bits per heavy atom. The SMILES string of the molecule is C=CCOCCOCCOCCOC(=O)C(C)(C)Br. The van der Waals surface area contributed by atoms with Crippen LogP contribution in [-0.4, -0.2) is 56.5 Å². The highest BCUT2D eigenvalue weighted by atomic mass is 79.9. The number of ether oxygens (including phenoxy) is 4. The van der Waals surface area contributed by atoms with Crippen molar-refractivity contribution in [2.24, 2.45) is 0 Å². The number of hydrogen-bond acceptors (Lipinski definition) is 5. The molecular weight excluding hydrogens is 316 g/mol. The Hall–Kier alpha value is -0.430. The van der Waals surface area contributed by atoms with Crippen molar-refractivity contribution in [2.75, 3.05) is 46.2 Å². The van der Waals surface area contributed by atoms with Gasteiger partial charge in [-0.2, -0.15) is 0 Å². The van der Waals surface area contributed by atoms with Crippen LogP contribution < -0.4 is 0 Å². The third-order valence-electron chi connectivity index (χ3n) is 1.93. The van der Waals surface area contributed by atoms with Crippen LogP contribution in [0.1, 0.15) is 13.8 Å². The lowest BCUT2D eigenvalue weighted by Crippen LogP contribution is -2.27. The fraction of sp³-hybridized carbons (Fsp3) is 0.769. The smallest absolute Gasteiger partial charge is 0.322 e. The van der Waals surface area contributed by atoms with E-state index in [-0.39, 0.29) is 12.6 Å². The van der Waals surface area contributed by atoms with E-state index in [1.807, 2.05) is 0 Å². The molecule has 112 valence electrons. The second kappa shape index (κ2) is 11.4. The first-order valence-electron chi connectivity index (χ1n) is 6.18. The monoisotopic (exact) mass is 338 g/mol. The quantitative estimate of drug-likeness (QED) is 0.235. The highest BCUT2D eigenvalue weighted by Crippen LogP contribution is 2.17. The summed E-state index contributed by atoms with van der Waals surface area (Å²) < 4.78 is 20.0. The van der Waals surface area contributed by atoms with Crippen LogP contribution in [0.5, 0.6) is 0 Å². The van der Waals surface area contributed by atoms with Crippen molar-refractivity contribution in [1.29, 1.82) is 0 Å². The standard InChI is InChI=1S/C13H23BrO5/c1-4-5-16-6-7-17-8-9-18-10-11-19-12(15)13(2,3)14/h4H,1,5-11H2,2-3H3. The summed E-state index contributed by atoms with van der Waals surface area (Å²) >= 11 is 3.22. The molecule has 0 atom stereocenters. The lowest BCUT2D eigenvalue weighted by Gasteiger charge is -2.14. The number of carbonyl (C=O) groups excluding carboxylic acids is 1. The minimum Gasteiger partial charge on any atom is -0.462 e. The Morgan fingerprint density at radius 3 is 2.00 bits per heavy atom. The zero-order valence-corrected chi connectivity index (χ0v) is 13.2. The number of hydrogen-bond donors (Lipinski definition) is 0. The molecule has 5 nitrogen and oxygen atoms in total. The van der Waals surface area contributed by atoms with Gasteiger partial charge in [-0.05, 0) is 13.8 Å². The highest BCUT2D eigenvalue weighted by molar-refractivity contribution is 9.10. The Balaban J connectivity index is 3.19. The summed E-state index contributed by atoms with van der Waals surface area (Å²) in [5.74, 6) is -0.299. The molecule has 0 saturated heterocycles. The van der Waals surface area contributed by atoms with Crippen molar-refractivity contribution in [3.05, 3.63) is 12.7 Å². The molecule has 0 bridgehead atoms. The van der Waals surface area contributed by atoms with Crippen molar-refractivity contribution in [3.63, 3.8) is 0 Å². The molecular formula is C13H23BrO5. The van der Waals surface area contributed by atoms with E-state index in [2.05, 4.69) is 22.5 Å². The maximum absolute atomic E-state index is 11.4. The van der Waals surface area contributed by atoms with Gasteiger partial charge in [-0.25, -0.2) is 0 Å². The van der Waals surface area contributed by atoms with Crippen LogP contribution in [0.2, 0.25) is 0 Å². The summed E-state index contributed by atoms with van der Waals surface area (Å²) in [5.41, 5.74) is 0. The maximum atomic E-state index is 11.4. The van der Waals surface area contributed by atoms with Crippen molar-refractivity contribution >= 4 is 21.9 Å². The van der Waals surface area contributed by atoms with Crippen LogP contribution in [-0.2, 0) is 23.7 Å². The fourth-order valence-corrected chi connectivity index (χ4v) is 1.09. The third-order valence-corrected chi connectivity index (χ3v) is 2.25. The van der Waals surface area contributed by atoms with E-state index in [1.165, 1.54) is 0 Å². The van der Waals surface area contributed by atoms with Crippen molar-refractivity contribution in [3.8, 4) is 0 Å². The average Bonchev–Trinajstić information content (AvgIpc) is 2.34. The summed E-state index contributed by atoms with van der Waals surface area (Å²) in [5, 5.41) is 0. The van der Waals surface area contributed by atoms with Crippen LogP contribution in [0.4, 0.5) is 0 Å². The van der Waals surface area contributed by atoms with Crippen LogP contribution in [0.25, 0.3) is 0 Å². The van der Waals surface area contributed by atoms with Gasteiger partial charge in [0.15, 0.2) is 0 Å². The van der Waals surface area contributed by atoms with E-state index in [9.17, 15) is 4.79 Å². The fourth-order valence-electron chi connectivity index (χ4n) is 0.971. The molecule has 0 spiro atoms. The minimum atomic E-state index is -0.651. The molecule has 0 aromatic rings. The zero-order valence-electron chi connectivity index (χ0n) is 11.7. The van der Waals surface area contributed by atoms with Crippen molar-refractivity contribution in [2.45, 2.75) is 18.2 Å². The number of esters is 1. The topological polar surface area (TPSA) is 54.0 Å². The molecule has 0 heterocycles. The molecule has 0 rings (SSSR count). The average molecular weight is 339 g/mol. The number of carbonyl (C=O) groups is 1. The van der Waals surface area contributed by atoms with Gasteiger partial charge in [0.1, 0.15) is 10.9 Å². The van der Waals surface area contributed by atoms with Gasteiger partial charge >= 0.3 is 5.97 Å². The summed E-state index contributed by atoms with van der Waals surface area (Å²) in [4.78, 5) is 11.4. The number of halogens is 1. The first kappa shape index (κ1) is 18.6. The predicted octanol–water partition coefficient (Wildman–Crippen LogP) is 1.94. The van der Waals surface area contributed by atoms with Gasteiger partial charge in [-0.3, -0.25) is 4.79 Å². The molecule has 0 N–H and O–H groups in total. The molecule has 0 amide bonds. The zero-order chi connectivity index (χ0) is 14.6. The maximum Gasteiger partial charge on any atom is 0.322 e. The van der Waals surface area contributed by atoms with E-state index in [1.54, 1.807) is 19.9 Å². The largest absolute Gasteiger partial charge is 0.462 e. The summed E-state index contributed by atoms with van der Waals surface area (Å²) in [7, 11) is 0. The molecule has 0 fully saturated rings. The molecule has 0 radical (unpaired) electrons. The summed E-state index contributed by atoms with van der Waals surface area (Å²) in [6.45, 7) is 10.2. The first-order valence-corrected chi connectivity index (χ1v) is 6.98. The van der Waals surface area contributed by atoms with Gasteiger partial charge < -0.3 is 18.9 Å². The molecule has 0 aliphatic heterocycles. The minimum absolute atomic E-state index is 0.246. The van der Waals surface area contributed by atoms with Crippen LogP contribution in [0.3, 0.4) is 0 Å². The summed E-state index contributed by atoms with van der Waals surface area (Å²) in [6.07, 6.45) is 1.69. The normalized spacial score (nSPS) is 11.3. The molecule has 19 heavy (non-hydrogen) atoms. The first-order chi connectivity index (χ1) is 8.98. The number of alkyl halides is 1. The van der Waals surface area contributed by atoms with E-state index in [0.717, 1.165) is 0 Å². The molecule has 0 unspecified atom stereocenters. The lowest BCUT2D eigenvalue weighted by molar-refractivity contribution is -0.147. The Morgan fingerprint density at radius 2 is 1.53 bits per heavy atom. The van der Waals surface area contributed by atoms with Crippen LogP contribution in [0.15, 0.2) is 12.7 Å². The predicted molar refractivity (Wildman–Crippen MR) is 76.6 cm³/mol. The van der Waals surface area contributed by atoms with E-state index in [0.29, 0.717) is 39.6 Å². The molecule has 0 aliphatic rings. The Kier molecular flexibility index (Phi) is 11.1. The summed E-state index contributed by atoms with van der Waals surface area (Å²) in [6, 6.07) is 0. The van der Waals surface area contributed by atoms with Gasteiger partial charge in [0, 0.05) is 0 Å². The van der Waals surface area contributed by atoms with Crippen LogP contribution in [0, 0.1) is 0 Å². The van der Waals surface area contributed by atoms with Gasteiger partial charge in [0.25, 0.3) is 0 Å². The molecule has 6 heteroatoms. The second-order valence-electron chi connectivity index (χ2n) is 4.20. The van der Waals surface area contributed by atoms with E-state index < -0.39 is 4.32 Å². The Labute approximate surface area is 123 Å². The lowest BCUT2D eigenvalue weighted by atomic mass is 10.2. The van der Waals surface area contributed by atoms with E-state index >= 15 is 0 Å². The molecule has 0 aliphatic carbocycles. The number of rotatable bonds is 12. The van der Waals surface area contributed by atoms with Gasteiger partial charge in [-0.1, -0.05) is 22.0 Å². The third kappa shape index (κ3) is 12.4. The van der Waals surface area contributed by atoms with Gasteiger partial charge in [0.05, 0.1) is 39.6 Å². The molecule has 0 saturated carbocycles. The van der Waals surface area contributed by atoms with Gasteiger partial charge in [0.2, 0.25) is 0 Å². The highest BCUT2D eigenvalue weighted by Gasteiger charge is 2.24. The van der Waals surface area contributed by atoms with Crippen molar-refractivity contribution < 1.29 is 23.7 Å². The Bertz CT molecular complexity index is 250.